The van der Waals surface area contributed by atoms with E-state index in [1.807, 2.05) is 0 Å². The molecular formula is C10H8Cl2F3NO3. The molecule has 1 unspecified atom stereocenters. The maximum absolute atomic E-state index is 12.0. The zero-order valence-corrected chi connectivity index (χ0v) is 10.7. The van der Waals surface area contributed by atoms with E-state index in [-0.39, 0.29) is 22.0 Å². The minimum atomic E-state index is -4.87. The van der Waals surface area contributed by atoms with Gasteiger partial charge in [-0.3, -0.25) is 4.79 Å². The zero-order chi connectivity index (χ0) is 14.8. The molecule has 4 nitrogen and oxygen atoms in total. The fraction of sp³-hybridized carbons (Fsp3) is 0.300. The SMILES string of the molecule is NC(Cc1c(Cl)cc(OC(F)(F)F)cc1Cl)C(=O)O. The first kappa shape index (κ1) is 15.9. The number of hydrogen-bond donors (Lipinski definition) is 2. The van der Waals surface area contributed by atoms with Gasteiger partial charge in [-0.1, -0.05) is 23.2 Å². The highest BCUT2D eigenvalue weighted by Gasteiger charge is 2.31. The smallest absolute Gasteiger partial charge is 0.480 e. The molecule has 19 heavy (non-hydrogen) atoms. The third-order valence-corrected chi connectivity index (χ3v) is 2.76. The van der Waals surface area contributed by atoms with Gasteiger partial charge in [0.2, 0.25) is 0 Å². The molecule has 0 radical (unpaired) electrons. The first-order chi connectivity index (χ1) is 8.60. The van der Waals surface area contributed by atoms with Gasteiger partial charge in [0.05, 0.1) is 0 Å². The topological polar surface area (TPSA) is 72.5 Å². The van der Waals surface area contributed by atoms with E-state index in [0.717, 1.165) is 12.1 Å². The Morgan fingerprint density at radius 1 is 1.37 bits per heavy atom. The summed E-state index contributed by atoms with van der Waals surface area (Å²) in [6, 6.07) is 0.528. The van der Waals surface area contributed by atoms with E-state index in [4.69, 9.17) is 34.0 Å². The number of hydrogen-bond acceptors (Lipinski definition) is 3. The predicted octanol–water partition coefficient (Wildman–Crippen LogP) is 2.85. The van der Waals surface area contributed by atoms with Crippen molar-refractivity contribution >= 4 is 29.2 Å². The molecule has 9 heteroatoms. The van der Waals surface area contributed by atoms with E-state index < -0.39 is 24.1 Å². The summed E-state index contributed by atoms with van der Waals surface area (Å²) in [5.74, 6) is -1.86. The van der Waals surface area contributed by atoms with Crippen molar-refractivity contribution in [2.75, 3.05) is 0 Å². The number of rotatable bonds is 4. The number of benzene rings is 1. The summed E-state index contributed by atoms with van der Waals surface area (Å²) >= 11 is 11.5. The molecule has 0 bridgehead atoms. The van der Waals surface area contributed by atoms with Gasteiger partial charge in [-0.2, -0.15) is 0 Å². The molecule has 1 aromatic carbocycles. The van der Waals surface area contributed by atoms with Gasteiger partial charge in [0.25, 0.3) is 0 Å². The van der Waals surface area contributed by atoms with E-state index in [9.17, 15) is 18.0 Å². The summed E-state index contributed by atoms with van der Waals surface area (Å²) in [5, 5.41) is 8.35. The molecule has 0 spiro atoms. The van der Waals surface area contributed by atoms with E-state index in [0.29, 0.717) is 0 Å². The van der Waals surface area contributed by atoms with Gasteiger partial charge in [-0.25, -0.2) is 0 Å². The van der Waals surface area contributed by atoms with Gasteiger partial charge in [0.15, 0.2) is 0 Å². The highest BCUT2D eigenvalue weighted by Crippen LogP contribution is 2.33. The molecule has 0 fully saturated rings. The van der Waals surface area contributed by atoms with Gasteiger partial charge >= 0.3 is 12.3 Å². The van der Waals surface area contributed by atoms with E-state index in [2.05, 4.69) is 4.74 Å². The quantitative estimate of drug-likeness (QED) is 0.895. The number of carboxylic acids is 1. The second-order valence-corrected chi connectivity index (χ2v) is 4.38. The van der Waals surface area contributed by atoms with Crippen LogP contribution < -0.4 is 10.5 Å². The van der Waals surface area contributed by atoms with E-state index in [1.165, 1.54) is 0 Å². The molecule has 0 aliphatic rings. The Balaban J connectivity index is 3.01. The molecule has 0 aliphatic carbocycles. The second-order valence-electron chi connectivity index (χ2n) is 3.56. The van der Waals surface area contributed by atoms with Gasteiger partial charge < -0.3 is 15.6 Å². The Morgan fingerprint density at radius 2 is 1.84 bits per heavy atom. The van der Waals surface area contributed by atoms with Crippen molar-refractivity contribution in [3.05, 3.63) is 27.7 Å². The summed E-state index contributed by atoms with van der Waals surface area (Å²) in [7, 11) is 0. The van der Waals surface area contributed by atoms with Crippen LogP contribution in [-0.4, -0.2) is 23.5 Å². The Kier molecular flexibility index (Phi) is 4.89. The summed E-state index contributed by atoms with van der Waals surface area (Å²) < 4.78 is 39.7. The summed E-state index contributed by atoms with van der Waals surface area (Å²) in [6.07, 6.45) is -5.08. The zero-order valence-electron chi connectivity index (χ0n) is 9.17. The van der Waals surface area contributed by atoms with Crippen LogP contribution in [0.2, 0.25) is 10.0 Å². The summed E-state index contributed by atoms with van der Waals surface area (Å²) in [6.45, 7) is 0. The van der Waals surface area contributed by atoms with Crippen LogP contribution in [0.25, 0.3) is 0 Å². The standard InChI is InChI=1S/C10H8Cl2F3NO3/c11-6-1-4(19-10(13,14)15)2-7(12)5(6)3-8(16)9(17)18/h1-2,8H,3,16H2,(H,17,18). The lowest BCUT2D eigenvalue weighted by atomic mass is 10.1. The molecule has 0 aromatic heterocycles. The first-order valence-corrected chi connectivity index (χ1v) is 5.58. The number of ether oxygens (including phenoxy) is 1. The fourth-order valence-electron chi connectivity index (χ4n) is 1.27. The van der Waals surface area contributed by atoms with E-state index in [1.54, 1.807) is 0 Å². The average molecular weight is 318 g/mol. The molecule has 1 rings (SSSR count). The maximum Gasteiger partial charge on any atom is 0.573 e. The van der Waals surface area contributed by atoms with Crippen molar-refractivity contribution in [2.24, 2.45) is 5.73 Å². The van der Waals surface area contributed by atoms with Crippen LogP contribution >= 0.6 is 23.2 Å². The van der Waals surface area contributed by atoms with Gasteiger partial charge in [0, 0.05) is 16.5 Å². The first-order valence-electron chi connectivity index (χ1n) is 4.82. The van der Waals surface area contributed by atoms with Crippen molar-refractivity contribution in [3.63, 3.8) is 0 Å². The van der Waals surface area contributed by atoms with Crippen LogP contribution in [0.15, 0.2) is 12.1 Å². The van der Waals surface area contributed by atoms with Crippen molar-refractivity contribution in [1.82, 2.24) is 0 Å². The molecule has 1 atom stereocenters. The lowest BCUT2D eigenvalue weighted by Gasteiger charge is -2.14. The number of aliphatic carboxylic acids is 1. The van der Waals surface area contributed by atoms with Gasteiger partial charge in [0.1, 0.15) is 11.8 Å². The second kappa shape index (κ2) is 5.85. The van der Waals surface area contributed by atoms with Crippen LogP contribution in [0.3, 0.4) is 0 Å². The van der Waals surface area contributed by atoms with Crippen molar-refractivity contribution in [3.8, 4) is 5.75 Å². The third kappa shape index (κ3) is 4.77. The fourth-order valence-corrected chi connectivity index (χ4v) is 1.90. The number of alkyl halides is 3. The molecule has 3 N–H and O–H groups in total. The lowest BCUT2D eigenvalue weighted by molar-refractivity contribution is -0.274. The molecule has 0 amide bonds. The number of nitrogens with two attached hydrogens (primary N) is 1. The average Bonchev–Trinajstić information content (AvgIpc) is 2.20. The third-order valence-electron chi connectivity index (χ3n) is 2.09. The molecule has 0 heterocycles. The number of carbonyl (C=O) groups is 1. The molecule has 0 aliphatic heterocycles. The van der Waals surface area contributed by atoms with Crippen LogP contribution in [-0.2, 0) is 11.2 Å². The minimum absolute atomic E-state index is 0.146. The van der Waals surface area contributed by atoms with Crippen LogP contribution in [0.5, 0.6) is 5.75 Å². The van der Waals surface area contributed by atoms with Crippen LogP contribution in [0.1, 0.15) is 5.56 Å². The van der Waals surface area contributed by atoms with Crippen molar-refractivity contribution < 1.29 is 27.8 Å². The summed E-state index contributed by atoms with van der Waals surface area (Å²) in [4.78, 5) is 10.6. The Labute approximate surface area is 115 Å². The Bertz CT molecular complexity index is 470. The molecule has 1 aromatic rings. The van der Waals surface area contributed by atoms with Gasteiger partial charge in [-0.15, -0.1) is 13.2 Å². The lowest BCUT2D eigenvalue weighted by Crippen LogP contribution is -2.32. The van der Waals surface area contributed by atoms with Crippen LogP contribution in [0, 0.1) is 0 Å². The highest BCUT2D eigenvalue weighted by atomic mass is 35.5. The molecule has 0 saturated heterocycles. The number of halogens is 5. The Hall–Kier alpha value is -1.18. The van der Waals surface area contributed by atoms with Crippen LogP contribution in [0.4, 0.5) is 13.2 Å². The monoisotopic (exact) mass is 317 g/mol. The van der Waals surface area contributed by atoms with E-state index >= 15 is 0 Å². The Morgan fingerprint density at radius 3 is 2.21 bits per heavy atom. The van der Waals surface area contributed by atoms with Gasteiger partial charge in [-0.05, 0) is 17.7 Å². The molecular weight excluding hydrogens is 310 g/mol. The summed E-state index contributed by atoms with van der Waals surface area (Å²) in [5.41, 5.74) is 5.44. The van der Waals surface area contributed by atoms with Crippen molar-refractivity contribution in [1.29, 1.82) is 0 Å². The minimum Gasteiger partial charge on any atom is -0.480 e. The molecule has 106 valence electrons. The highest BCUT2D eigenvalue weighted by molar-refractivity contribution is 6.36. The normalized spacial score (nSPS) is 13.2. The predicted molar refractivity (Wildman–Crippen MR) is 62.5 cm³/mol. The maximum atomic E-state index is 12.0. The largest absolute Gasteiger partial charge is 0.573 e. The molecule has 0 saturated carbocycles. The number of carboxylic acid groups (broad SMARTS) is 1. The van der Waals surface area contributed by atoms with Crippen molar-refractivity contribution in [2.45, 2.75) is 18.8 Å².